The number of fused-ring (bicyclic) bond motifs is 1. The van der Waals surface area contributed by atoms with Crippen LogP contribution in [0.2, 0.25) is 0 Å². The molecule has 17 heavy (non-hydrogen) atoms. The lowest BCUT2D eigenvalue weighted by Crippen LogP contribution is -2.41. The molecule has 2 atom stereocenters. The van der Waals surface area contributed by atoms with Crippen molar-refractivity contribution >= 4 is 5.69 Å². The number of benzene rings is 1. The maximum Gasteiger partial charge on any atom is 0.0506 e. The summed E-state index contributed by atoms with van der Waals surface area (Å²) >= 11 is 0. The van der Waals surface area contributed by atoms with E-state index in [1.807, 2.05) is 6.07 Å². The molecule has 0 radical (unpaired) electrons. The van der Waals surface area contributed by atoms with E-state index in [9.17, 15) is 0 Å². The zero-order valence-electron chi connectivity index (χ0n) is 10.4. The van der Waals surface area contributed by atoms with Gasteiger partial charge in [0.15, 0.2) is 0 Å². The topological polar surface area (TPSA) is 38.5 Å². The molecule has 0 aromatic heterocycles. The largest absolute Gasteiger partial charge is 0.399 e. The summed E-state index contributed by atoms with van der Waals surface area (Å²) in [7, 11) is 0. The first-order valence-electron chi connectivity index (χ1n) is 6.43. The van der Waals surface area contributed by atoms with Gasteiger partial charge in [0.05, 0.1) is 6.61 Å². The summed E-state index contributed by atoms with van der Waals surface area (Å²) in [5.74, 6) is 0.635. The van der Waals surface area contributed by atoms with E-state index in [-0.39, 0.29) is 0 Å². The van der Waals surface area contributed by atoms with Crippen molar-refractivity contribution in [3.63, 3.8) is 0 Å². The molecule has 2 heterocycles. The number of nitrogens with two attached hydrogens (primary N) is 1. The Morgan fingerprint density at radius 3 is 2.94 bits per heavy atom. The second-order valence-corrected chi connectivity index (χ2v) is 5.34. The Morgan fingerprint density at radius 1 is 1.29 bits per heavy atom. The highest BCUT2D eigenvalue weighted by Gasteiger charge is 2.31. The number of rotatable bonds is 1. The summed E-state index contributed by atoms with van der Waals surface area (Å²) in [6.07, 6.45) is 1.16. The van der Waals surface area contributed by atoms with Crippen LogP contribution in [0.1, 0.15) is 24.5 Å². The third-order valence-corrected chi connectivity index (χ3v) is 4.04. The van der Waals surface area contributed by atoms with Crippen molar-refractivity contribution in [2.24, 2.45) is 5.92 Å². The molecule has 3 heteroatoms. The van der Waals surface area contributed by atoms with E-state index in [0.717, 1.165) is 38.4 Å². The zero-order chi connectivity index (χ0) is 11.8. The van der Waals surface area contributed by atoms with Gasteiger partial charge in [0.2, 0.25) is 0 Å². The summed E-state index contributed by atoms with van der Waals surface area (Å²) in [6, 6.07) is 6.97. The predicted octanol–water partition coefficient (Wildman–Crippen LogP) is 2.01. The van der Waals surface area contributed by atoms with Crippen LogP contribution in [-0.4, -0.2) is 24.2 Å². The third-order valence-electron chi connectivity index (χ3n) is 4.04. The molecule has 2 aliphatic rings. The van der Waals surface area contributed by atoms with E-state index < -0.39 is 0 Å². The minimum absolute atomic E-state index is 0.635. The van der Waals surface area contributed by atoms with Gasteiger partial charge in [0.25, 0.3) is 0 Å². The Bertz CT molecular complexity index is 419. The van der Waals surface area contributed by atoms with Crippen LogP contribution in [-0.2, 0) is 17.8 Å². The molecular weight excluding hydrogens is 212 g/mol. The van der Waals surface area contributed by atoms with E-state index in [1.165, 1.54) is 11.1 Å². The molecule has 2 aliphatic heterocycles. The minimum atomic E-state index is 0.635. The SMILES string of the molecule is CC1COCCC1N1Cc2ccc(N)cc2C1. The summed E-state index contributed by atoms with van der Waals surface area (Å²) in [4.78, 5) is 2.58. The van der Waals surface area contributed by atoms with Crippen LogP contribution < -0.4 is 5.73 Å². The molecule has 0 aliphatic carbocycles. The second kappa shape index (κ2) is 4.31. The van der Waals surface area contributed by atoms with E-state index >= 15 is 0 Å². The highest BCUT2D eigenvalue weighted by atomic mass is 16.5. The quantitative estimate of drug-likeness (QED) is 0.753. The summed E-state index contributed by atoms with van der Waals surface area (Å²) < 4.78 is 5.52. The molecule has 2 unspecified atom stereocenters. The Balaban J connectivity index is 1.76. The monoisotopic (exact) mass is 232 g/mol. The van der Waals surface area contributed by atoms with Crippen molar-refractivity contribution in [2.75, 3.05) is 18.9 Å². The maximum absolute atomic E-state index is 5.84. The standard InChI is InChI=1S/C14H20N2O/c1-10-9-17-5-4-14(10)16-7-11-2-3-13(15)6-12(11)8-16/h2-3,6,10,14H,4-5,7-9,15H2,1H3. The molecule has 1 aromatic carbocycles. The molecule has 0 amide bonds. The molecule has 0 spiro atoms. The van der Waals surface area contributed by atoms with Crippen molar-refractivity contribution < 1.29 is 4.74 Å². The highest BCUT2D eigenvalue weighted by Crippen LogP contribution is 2.31. The van der Waals surface area contributed by atoms with Crippen LogP contribution >= 0.6 is 0 Å². The minimum Gasteiger partial charge on any atom is -0.399 e. The van der Waals surface area contributed by atoms with Crippen molar-refractivity contribution in [3.05, 3.63) is 29.3 Å². The fraction of sp³-hybridized carbons (Fsp3) is 0.571. The first kappa shape index (κ1) is 11.1. The van der Waals surface area contributed by atoms with Gasteiger partial charge >= 0.3 is 0 Å². The molecule has 1 fully saturated rings. The van der Waals surface area contributed by atoms with Gasteiger partial charge in [0, 0.05) is 31.4 Å². The Kier molecular flexibility index (Phi) is 2.81. The predicted molar refractivity (Wildman–Crippen MR) is 68.5 cm³/mol. The Morgan fingerprint density at radius 2 is 2.12 bits per heavy atom. The van der Waals surface area contributed by atoms with Crippen molar-refractivity contribution in [2.45, 2.75) is 32.5 Å². The van der Waals surface area contributed by atoms with Crippen molar-refractivity contribution in [3.8, 4) is 0 Å². The number of hydrogen-bond donors (Lipinski definition) is 1. The van der Waals surface area contributed by atoms with Gasteiger partial charge in [-0.1, -0.05) is 13.0 Å². The molecule has 92 valence electrons. The fourth-order valence-corrected chi connectivity index (χ4v) is 3.09. The second-order valence-electron chi connectivity index (χ2n) is 5.34. The molecule has 3 nitrogen and oxygen atoms in total. The molecule has 2 N–H and O–H groups in total. The number of nitrogen functional groups attached to an aromatic ring is 1. The van der Waals surface area contributed by atoms with Gasteiger partial charge in [-0.05, 0) is 35.6 Å². The molecular formula is C14H20N2O. The number of anilines is 1. The van der Waals surface area contributed by atoms with Crippen LogP contribution in [0.4, 0.5) is 5.69 Å². The lowest BCUT2D eigenvalue weighted by molar-refractivity contribution is -0.00767. The van der Waals surface area contributed by atoms with E-state index in [4.69, 9.17) is 10.5 Å². The Hall–Kier alpha value is -1.06. The first-order chi connectivity index (χ1) is 8.24. The Labute approximate surface area is 103 Å². The normalized spacial score (nSPS) is 29.2. The summed E-state index contributed by atoms with van der Waals surface area (Å²) in [6.45, 7) is 6.23. The van der Waals surface area contributed by atoms with Crippen LogP contribution in [0.15, 0.2) is 18.2 Å². The molecule has 0 bridgehead atoms. The molecule has 1 aromatic rings. The highest BCUT2D eigenvalue weighted by molar-refractivity contribution is 5.46. The fourth-order valence-electron chi connectivity index (χ4n) is 3.09. The van der Waals surface area contributed by atoms with E-state index in [1.54, 1.807) is 0 Å². The van der Waals surface area contributed by atoms with Crippen molar-refractivity contribution in [1.29, 1.82) is 0 Å². The summed E-state index contributed by atoms with van der Waals surface area (Å²) in [5, 5.41) is 0. The van der Waals surface area contributed by atoms with Crippen LogP contribution in [0, 0.1) is 5.92 Å². The number of hydrogen-bond acceptors (Lipinski definition) is 3. The number of ether oxygens (including phenoxy) is 1. The molecule has 0 saturated carbocycles. The molecule has 1 saturated heterocycles. The zero-order valence-corrected chi connectivity index (χ0v) is 10.4. The molecule has 3 rings (SSSR count). The first-order valence-corrected chi connectivity index (χ1v) is 6.43. The third kappa shape index (κ3) is 2.05. The maximum atomic E-state index is 5.84. The van der Waals surface area contributed by atoms with Gasteiger partial charge in [-0.3, -0.25) is 4.90 Å². The van der Waals surface area contributed by atoms with Crippen LogP contribution in [0.25, 0.3) is 0 Å². The van der Waals surface area contributed by atoms with Gasteiger partial charge in [-0.25, -0.2) is 0 Å². The van der Waals surface area contributed by atoms with Crippen LogP contribution in [0.3, 0.4) is 0 Å². The van der Waals surface area contributed by atoms with E-state index in [2.05, 4.69) is 24.0 Å². The van der Waals surface area contributed by atoms with Gasteiger partial charge in [0.1, 0.15) is 0 Å². The smallest absolute Gasteiger partial charge is 0.0506 e. The lowest BCUT2D eigenvalue weighted by atomic mass is 9.96. The average molecular weight is 232 g/mol. The van der Waals surface area contributed by atoms with Crippen molar-refractivity contribution in [1.82, 2.24) is 4.90 Å². The lowest BCUT2D eigenvalue weighted by Gasteiger charge is -2.35. The van der Waals surface area contributed by atoms with Crippen LogP contribution in [0.5, 0.6) is 0 Å². The van der Waals surface area contributed by atoms with Gasteiger partial charge in [-0.2, -0.15) is 0 Å². The average Bonchev–Trinajstić information content (AvgIpc) is 2.72. The van der Waals surface area contributed by atoms with E-state index in [0.29, 0.717) is 12.0 Å². The number of nitrogens with zero attached hydrogens (tertiary/aromatic N) is 1. The van der Waals surface area contributed by atoms with Gasteiger partial charge in [-0.15, -0.1) is 0 Å². The van der Waals surface area contributed by atoms with Gasteiger partial charge < -0.3 is 10.5 Å². The summed E-state index contributed by atoms with van der Waals surface area (Å²) in [5.41, 5.74) is 9.57.